The van der Waals surface area contributed by atoms with Crippen molar-refractivity contribution in [1.29, 1.82) is 0 Å². The van der Waals surface area contributed by atoms with Crippen LogP contribution in [0.15, 0.2) is 0 Å². The van der Waals surface area contributed by atoms with Crippen molar-refractivity contribution in [1.82, 2.24) is 4.90 Å². The number of halogens is 1. The van der Waals surface area contributed by atoms with Gasteiger partial charge in [0, 0.05) is 24.4 Å². The lowest BCUT2D eigenvalue weighted by Crippen LogP contribution is -2.46. The smallest absolute Gasteiger partial charge is 0.225 e. The van der Waals surface area contributed by atoms with Crippen molar-refractivity contribution in [2.75, 3.05) is 12.4 Å². The van der Waals surface area contributed by atoms with Gasteiger partial charge in [0.05, 0.1) is 0 Å². The largest absolute Gasteiger partial charge is 0.338 e. The van der Waals surface area contributed by atoms with E-state index < -0.39 is 0 Å². The van der Waals surface area contributed by atoms with Gasteiger partial charge in [0.1, 0.15) is 0 Å². The molecule has 0 bridgehead atoms. The maximum atomic E-state index is 12.2. The number of alkyl halides is 1. The molecule has 1 heterocycles. The van der Waals surface area contributed by atoms with Gasteiger partial charge in [0.15, 0.2) is 0 Å². The Hall–Kier alpha value is -0.240. The van der Waals surface area contributed by atoms with Crippen LogP contribution in [0.4, 0.5) is 0 Å². The molecule has 0 spiro atoms. The van der Waals surface area contributed by atoms with E-state index in [0.29, 0.717) is 23.7 Å². The van der Waals surface area contributed by atoms with E-state index in [1.807, 2.05) is 0 Å². The summed E-state index contributed by atoms with van der Waals surface area (Å²) in [5.74, 6) is 1.31. The number of likely N-dealkylation sites (tertiary alicyclic amines) is 1. The second kappa shape index (κ2) is 5.20. The fourth-order valence-electron chi connectivity index (χ4n) is 2.86. The Morgan fingerprint density at radius 2 is 1.80 bits per heavy atom. The summed E-state index contributed by atoms with van der Waals surface area (Å²) in [6.45, 7) is 0.937. The third kappa shape index (κ3) is 2.47. The highest BCUT2D eigenvalue weighted by atomic mass is 35.5. The zero-order valence-corrected chi connectivity index (χ0v) is 10.0. The average Bonchev–Trinajstić information content (AvgIpc) is 2.81. The first kappa shape index (κ1) is 11.3. The van der Waals surface area contributed by atoms with Crippen LogP contribution in [-0.2, 0) is 4.79 Å². The van der Waals surface area contributed by atoms with Gasteiger partial charge in [-0.25, -0.2) is 0 Å². The number of amides is 1. The summed E-state index contributed by atoms with van der Waals surface area (Å²) in [7, 11) is 0. The van der Waals surface area contributed by atoms with Crippen molar-refractivity contribution in [3.05, 3.63) is 0 Å². The monoisotopic (exact) mass is 229 g/mol. The number of rotatable bonds is 2. The van der Waals surface area contributed by atoms with Gasteiger partial charge in [0.25, 0.3) is 0 Å². The number of carbonyl (C=O) groups is 1. The lowest BCUT2D eigenvalue weighted by Gasteiger charge is -2.36. The van der Waals surface area contributed by atoms with Gasteiger partial charge in [-0.05, 0) is 32.1 Å². The fraction of sp³-hybridized carbons (Fsp3) is 0.917. The summed E-state index contributed by atoms with van der Waals surface area (Å²) in [6.07, 6.45) is 8.15. The van der Waals surface area contributed by atoms with E-state index in [4.69, 9.17) is 11.6 Å². The number of hydrogen-bond donors (Lipinski definition) is 0. The Labute approximate surface area is 97.0 Å². The maximum Gasteiger partial charge on any atom is 0.225 e. The highest BCUT2D eigenvalue weighted by molar-refractivity contribution is 6.18. The van der Waals surface area contributed by atoms with Crippen LogP contribution in [-0.4, -0.2) is 29.3 Å². The highest BCUT2D eigenvalue weighted by Crippen LogP contribution is 2.29. The molecule has 1 atom stereocenters. The molecule has 2 rings (SSSR count). The van der Waals surface area contributed by atoms with Crippen LogP contribution in [0.2, 0.25) is 0 Å². The van der Waals surface area contributed by atoms with E-state index in [1.54, 1.807) is 0 Å². The van der Waals surface area contributed by atoms with E-state index in [9.17, 15) is 4.79 Å². The fourth-order valence-corrected chi connectivity index (χ4v) is 3.18. The van der Waals surface area contributed by atoms with Crippen LogP contribution in [0.1, 0.15) is 44.9 Å². The standard InChI is InChI=1S/C12H20ClNO/c13-9-11-7-3-4-8-14(11)12(15)10-5-1-2-6-10/h10-11H,1-9H2. The molecule has 1 aliphatic heterocycles. The number of carbonyl (C=O) groups excluding carboxylic acids is 1. The van der Waals surface area contributed by atoms with Gasteiger partial charge in [0.2, 0.25) is 5.91 Å². The van der Waals surface area contributed by atoms with Crippen LogP contribution in [0, 0.1) is 5.92 Å². The molecule has 1 saturated heterocycles. The van der Waals surface area contributed by atoms with E-state index in [1.165, 1.54) is 19.3 Å². The Morgan fingerprint density at radius 3 is 2.47 bits per heavy atom. The van der Waals surface area contributed by atoms with E-state index in [0.717, 1.165) is 32.2 Å². The summed E-state index contributed by atoms with van der Waals surface area (Å²) >= 11 is 5.93. The SMILES string of the molecule is O=C(C1CCCC1)N1CCCCC1CCl. The quantitative estimate of drug-likeness (QED) is 0.667. The molecule has 2 fully saturated rings. The van der Waals surface area contributed by atoms with Crippen molar-refractivity contribution < 1.29 is 4.79 Å². The minimum atomic E-state index is 0.313. The van der Waals surface area contributed by atoms with Crippen LogP contribution >= 0.6 is 11.6 Å². The molecule has 0 aromatic rings. The predicted molar refractivity (Wildman–Crippen MR) is 62.0 cm³/mol. The van der Waals surface area contributed by atoms with Crippen molar-refractivity contribution in [2.24, 2.45) is 5.92 Å². The van der Waals surface area contributed by atoms with Crippen LogP contribution < -0.4 is 0 Å². The molecular formula is C12H20ClNO. The van der Waals surface area contributed by atoms with Gasteiger partial charge < -0.3 is 4.90 Å². The van der Waals surface area contributed by atoms with E-state index in [2.05, 4.69) is 4.90 Å². The average molecular weight is 230 g/mol. The first-order valence-corrected chi connectivity index (χ1v) is 6.73. The molecule has 2 aliphatic rings. The van der Waals surface area contributed by atoms with Gasteiger partial charge in [-0.1, -0.05) is 12.8 Å². The molecule has 1 aliphatic carbocycles. The predicted octanol–water partition coefficient (Wildman–Crippen LogP) is 2.80. The molecule has 0 aromatic carbocycles. The van der Waals surface area contributed by atoms with Gasteiger partial charge >= 0.3 is 0 Å². The summed E-state index contributed by atoms with van der Waals surface area (Å²) in [5, 5.41) is 0. The lowest BCUT2D eigenvalue weighted by molar-refractivity contribution is -0.138. The molecule has 1 saturated carbocycles. The van der Waals surface area contributed by atoms with Crippen LogP contribution in [0.25, 0.3) is 0 Å². The maximum absolute atomic E-state index is 12.2. The third-order valence-corrected chi connectivity index (χ3v) is 4.15. The minimum absolute atomic E-state index is 0.313. The summed E-state index contributed by atoms with van der Waals surface area (Å²) in [5.41, 5.74) is 0. The van der Waals surface area contributed by atoms with Gasteiger partial charge in [-0.3, -0.25) is 4.79 Å². The molecule has 1 unspecified atom stereocenters. The number of hydrogen-bond acceptors (Lipinski definition) is 1. The highest BCUT2D eigenvalue weighted by Gasteiger charge is 2.32. The minimum Gasteiger partial charge on any atom is -0.338 e. The van der Waals surface area contributed by atoms with Gasteiger partial charge in [-0.2, -0.15) is 0 Å². The zero-order chi connectivity index (χ0) is 10.7. The van der Waals surface area contributed by atoms with E-state index in [-0.39, 0.29) is 0 Å². The molecule has 86 valence electrons. The Bertz CT molecular complexity index is 226. The topological polar surface area (TPSA) is 20.3 Å². The second-order valence-corrected chi connectivity index (χ2v) is 5.13. The molecular weight excluding hydrogens is 210 g/mol. The molecule has 0 aromatic heterocycles. The third-order valence-electron chi connectivity index (χ3n) is 3.79. The lowest BCUT2D eigenvalue weighted by atomic mass is 9.99. The zero-order valence-electron chi connectivity index (χ0n) is 9.25. The number of piperidine rings is 1. The van der Waals surface area contributed by atoms with Gasteiger partial charge in [-0.15, -0.1) is 11.6 Å². The van der Waals surface area contributed by atoms with Crippen LogP contribution in [0.5, 0.6) is 0 Å². The Balaban J connectivity index is 1.96. The summed E-state index contributed by atoms with van der Waals surface area (Å²) in [4.78, 5) is 14.3. The molecule has 1 amide bonds. The normalized spacial score (nSPS) is 28.3. The molecule has 15 heavy (non-hydrogen) atoms. The Morgan fingerprint density at radius 1 is 1.13 bits per heavy atom. The van der Waals surface area contributed by atoms with Crippen molar-refractivity contribution >= 4 is 17.5 Å². The van der Waals surface area contributed by atoms with Crippen molar-refractivity contribution in [3.8, 4) is 0 Å². The second-order valence-electron chi connectivity index (χ2n) is 4.82. The summed E-state index contributed by atoms with van der Waals surface area (Å²) < 4.78 is 0. The first-order chi connectivity index (χ1) is 7.33. The number of nitrogens with zero attached hydrogens (tertiary/aromatic N) is 1. The first-order valence-electron chi connectivity index (χ1n) is 6.19. The van der Waals surface area contributed by atoms with E-state index >= 15 is 0 Å². The van der Waals surface area contributed by atoms with Crippen molar-refractivity contribution in [2.45, 2.75) is 51.0 Å². The van der Waals surface area contributed by atoms with Crippen LogP contribution in [0.3, 0.4) is 0 Å². The molecule has 2 nitrogen and oxygen atoms in total. The molecule has 3 heteroatoms. The Kier molecular flexibility index (Phi) is 3.90. The summed E-state index contributed by atoms with van der Waals surface area (Å²) in [6, 6.07) is 0.313. The molecule has 0 radical (unpaired) electrons. The molecule has 0 N–H and O–H groups in total. The van der Waals surface area contributed by atoms with Crippen molar-refractivity contribution in [3.63, 3.8) is 0 Å².